The number of hydrogen-bond donors (Lipinski definition) is 0. The number of rotatable bonds is 7. The SMILES string of the molecule is CCOC(=O)C(F)(F)/C=C(/I)COS(=O)(=O)c1ccc(C)cc1. The molecule has 9 heteroatoms. The van der Waals surface area contributed by atoms with Crippen molar-refractivity contribution >= 4 is 38.7 Å². The summed E-state index contributed by atoms with van der Waals surface area (Å²) < 4.78 is 59.6. The van der Waals surface area contributed by atoms with Crippen molar-refractivity contribution in [3.63, 3.8) is 0 Å². The molecule has 128 valence electrons. The first-order valence-electron chi connectivity index (χ1n) is 6.47. The van der Waals surface area contributed by atoms with Gasteiger partial charge >= 0.3 is 11.9 Å². The van der Waals surface area contributed by atoms with Gasteiger partial charge in [-0.1, -0.05) is 17.7 Å². The van der Waals surface area contributed by atoms with Crippen LogP contribution in [0.2, 0.25) is 0 Å². The number of alkyl halides is 2. The molecule has 0 unspecified atom stereocenters. The first kappa shape index (κ1) is 20.0. The topological polar surface area (TPSA) is 69.7 Å². The average Bonchev–Trinajstić information content (AvgIpc) is 2.45. The molecule has 0 fully saturated rings. The predicted octanol–water partition coefficient (Wildman–Crippen LogP) is 3.22. The van der Waals surface area contributed by atoms with E-state index in [1.165, 1.54) is 41.6 Å². The highest BCUT2D eigenvalue weighted by Gasteiger charge is 2.38. The number of carbonyl (C=O) groups is 1. The lowest BCUT2D eigenvalue weighted by molar-refractivity contribution is -0.164. The molecule has 1 aromatic carbocycles. The van der Waals surface area contributed by atoms with Crippen molar-refractivity contribution in [3.8, 4) is 0 Å². The second-order valence-corrected chi connectivity index (χ2v) is 7.46. The number of hydrogen-bond acceptors (Lipinski definition) is 5. The van der Waals surface area contributed by atoms with Crippen LogP contribution in [0.3, 0.4) is 0 Å². The molecule has 1 rings (SSSR count). The molecule has 0 spiro atoms. The van der Waals surface area contributed by atoms with E-state index in [-0.39, 0.29) is 15.1 Å². The van der Waals surface area contributed by atoms with Crippen LogP contribution in [0.15, 0.2) is 38.8 Å². The van der Waals surface area contributed by atoms with Gasteiger partial charge in [0.1, 0.15) is 0 Å². The molecule has 5 nitrogen and oxygen atoms in total. The molecule has 0 aromatic heterocycles. The van der Waals surface area contributed by atoms with Gasteiger partial charge in [-0.3, -0.25) is 4.18 Å². The highest BCUT2D eigenvalue weighted by Crippen LogP contribution is 2.23. The van der Waals surface area contributed by atoms with E-state index in [4.69, 9.17) is 4.18 Å². The molecule has 0 amide bonds. The van der Waals surface area contributed by atoms with Gasteiger partial charge in [-0.05, 0) is 48.6 Å². The third kappa shape index (κ3) is 6.15. The molecule has 0 N–H and O–H groups in total. The van der Waals surface area contributed by atoms with E-state index in [1.807, 2.05) is 0 Å². The molecule has 1 aromatic rings. The van der Waals surface area contributed by atoms with Crippen molar-refractivity contribution in [1.29, 1.82) is 0 Å². The van der Waals surface area contributed by atoms with Crippen LogP contribution in [0.1, 0.15) is 12.5 Å². The molecule has 0 aliphatic rings. The maximum atomic E-state index is 13.5. The Hall–Kier alpha value is -1.07. The number of halogens is 3. The maximum Gasteiger partial charge on any atom is 0.381 e. The molecule has 0 saturated carbocycles. The second kappa shape index (κ2) is 8.15. The largest absolute Gasteiger partial charge is 0.461 e. The van der Waals surface area contributed by atoms with Gasteiger partial charge in [0.05, 0.1) is 18.1 Å². The van der Waals surface area contributed by atoms with Crippen molar-refractivity contribution < 1.29 is 30.9 Å². The summed E-state index contributed by atoms with van der Waals surface area (Å²) in [6.07, 6.45) is 0.316. The molecular weight excluding hydrogens is 445 g/mol. The molecule has 0 radical (unpaired) electrons. The Balaban J connectivity index is 2.78. The highest BCUT2D eigenvalue weighted by molar-refractivity contribution is 14.1. The first-order valence-corrected chi connectivity index (χ1v) is 8.95. The number of carbonyl (C=O) groups excluding carboxylic acids is 1. The molecule has 0 bridgehead atoms. The van der Waals surface area contributed by atoms with Crippen molar-refractivity contribution in [2.45, 2.75) is 24.7 Å². The summed E-state index contributed by atoms with van der Waals surface area (Å²) in [5.74, 6) is -5.54. The summed E-state index contributed by atoms with van der Waals surface area (Å²) in [4.78, 5) is 11.0. The third-order valence-corrected chi connectivity index (χ3v) is 4.45. The summed E-state index contributed by atoms with van der Waals surface area (Å²) in [7, 11) is -4.06. The standard InChI is InChI=1S/C14H15F2IO5S/c1-3-21-13(18)14(15,16)8-11(17)9-22-23(19,20)12-6-4-10(2)5-7-12/h4-8H,3,9H2,1-2H3/b11-8+. The lowest BCUT2D eigenvalue weighted by Gasteiger charge is -2.11. The molecule has 0 aliphatic carbocycles. The van der Waals surface area contributed by atoms with Crippen molar-refractivity contribution in [1.82, 2.24) is 0 Å². The monoisotopic (exact) mass is 460 g/mol. The lowest BCUT2D eigenvalue weighted by atomic mass is 10.2. The lowest BCUT2D eigenvalue weighted by Crippen LogP contribution is -2.29. The van der Waals surface area contributed by atoms with E-state index in [9.17, 15) is 22.0 Å². The Bertz CT molecular complexity index is 684. The van der Waals surface area contributed by atoms with E-state index in [2.05, 4.69) is 4.74 Å². The van der Waals surface area contributed by atoms with Crippen molar-refractivity contribution in [2.75, 3.05) is 13.2 Å². The zero-order valence-corrected chi connectivity index (χ0v) is 15.4. The Morgan fingerprint density at radius 3 is 2.39 bits per heavy atom. The van der Waals surface area contributed by atoms with Gasteiger partial charge in [0.25, 0.3) is 10.1 Å². The van der Waals surface area contributed by atoms with Crippen LogP contribution in [0.4, 0.5) is 8.78 Å². The molecule has 0 heterocycles. The van der Waals surface area contributed by atoms with Crippen LogP contribution < -0.4 is 0 Å². The van der Waals surface area contributed by atoms with Gasteiger partial charge in [0.15, 0.2) is 0 Å². The number of benzene rings is 1. The molecule has 0 aliphatic heterocycles. The summed E-state index contributed by atoms with van der Waals surface area (Å²) in [5.41, 5.74) is 0.868. The molecule has 0 atom stereocenters. The van der Waals surface area contributed by atoms with Crippen LogP contribution >= 0.6 is 22.6 Å². The van der Waals surface area contributed by atoms with E-state index < -0.39 is 28.6 Å². The van der Waals surface area contributed by atoms with E-state index in [1.54, 1.807) is 19.1 Å². The minimum Gasteiger partial charge on any atom is -0.461 e. The zero-order chi connectivity index (χ0) is 17.7. The summed E-state index contributed by atoms with van der Waals surface area (Å²) in [6.45, 7) is 2.41. The minimum atomic E-state index is -4.06. The first-order chi connectivity index (χ1) is 10.6. The van der Waals surface area contributed by atoms with Crippen LogP contribution in [0.25, 0.3) is 0 Å². The Morgan fingerprint density at radius 1 is 1.30 bits per heavy atom. The second-order valence-electron chi connectivity index (χ2n) is 4.46. The molecular formula is C14H15F2IO5S. The maximum absolute atomic E-state index is 13.5. The van der Waals surface area contributed by atoms with Gasteiger partial charge in [-0.2, -0.15) is 17.2 Å². The average molecular weight is 460 g/mol. The van der Waals surface area contributed by atoms with Gasteiger partial charge in [0, 0.05) is 9.66 Å². The summed E-state index contributed by atoms with van der Waals surface area (Å²) in [5, 5.41) is 0. The van der Waals surface area contributed by atoms with Gasteiger partial charge in [-0.25, -0.2) is 4.79 Å². The van der Waals surface area contributed by atoms with E-state index in [0.717, 1.165) is 5.56 Å². The van der Waals surface area contributed by atoms with E-state index >= 15 is 0 Å². The van der Waals surface area contributed by atoms with Crippen LogP contribution in [0, 0.1) is 6.92 Å². The number of ether oxygens (including phenoxy) is 1. The molecule has 23 heavy (non-hydrogen) atoms. The van der Waals surface area contributed by atoms with Crippen LogP contribution in [0.5, 0.6) is 0 Å². The van der Waals surface area contributed by atoms with Crippen LogP contribution in [-0.4, -0.2) is 33.5 Å². The Labute approximate surface area is 146 Å². The molecule has 0 saturated heterocycles. The van der Waals surface area contributed by atoms with Gasteiger partial charge < -0.3 is 4.74 Å². The van der Waals surface area contributed by atoms with E-state index in [0.29, 0.717) is 6.08 Å². The fraction of sp³-hybridized carbons (Fsp3) is 0.357. The quantitative estimate of drug-likeness (QED) is 0.355. The van der Waals surface area contributed by atoms with Gasteiger partial charge in [-0.15, -0.1) is 0 Å². The highest BCUT2D eigenvalue weighted by atomic mass is 127. The fourth-order valence-corrected chi connectivity index (χ4v) is 3.08. The van der Waals surface area contributed by atoms with Crippen molar-refractivity contribution in [2.24, 2.45) is 0 Å². The van der Waals surface area contributed by atoms with Gasteiger partial charge in [0.2, 0.25) is 0 Å². The Kier molecular flexibility index (Phi) is 7.08. The third-order valence-electron chi connectivity index (χ3n) is 2.55. The zero-order valence-electron chi connectivity index (χ0n) is 12.4. The summed E-state index contributed by atoms with van der Waals surface area (Å²) >= 11 is 1.48. The Morgan fingerprint density at radius 2 is 1.87 bits per heavy atom. The minimum absolute atomic E-state index is 0.0792. The van der Waals surface area contributed by atoms with Crippen molar-refractivity contribution in [3.05, 3.63) is 39.5 Å². The fourth-order valence-electron chi connectivity index (χ4n) is 1.43. The smallest absolute Gasteiger partial charge is 0.381 e. The number of aryl methyl sites for hydroxylation is 1. The van der Waals surface area contributed by atoms with Crippen LogP contribution in [-0.2, 0) is 23.8 Å². The predicted molar refractivity (Wildman–Crippen MR) is 88.0 cm³/mol. The normalized spacial score (nSPS) is 13.0. The summed E-state index contributed by atoms with van der Waals surface area (Å²) in [6, 6.07) is 5.89. The number of esters is 1.